The highest BCUT2D eigenvalue weighted by Crippen LogP contribution is 2.36. The Kier molecular flexibility index (Phi) is 2.03. The van der Waals surface area contributed by atoms with E-state index in [-0.39, 0.29) is 0 Å². The van der Waals surface area contributed by atoms with Crippen LogP contribution in [0.25, 0.3) is 0 Å². The molecule has 1 aliphatic rings. The van der Waals surface area contributed by atoms with Crippen LogP contribution in [0.4, 0.5) is 0 Å². The zero-order valence-electron chi connectivity index (χ0n) is 7.81. The summed E-state index contributed by atoms with van der Waals surface area (Å²) in [6.45, 7) is 3.62. The van der Waals surface area contributed by atoms with E-state index in [9.17, 15) is 4.79 Å². The Balaban J connectivity index is 2.40. The lowest BCUT2D eigenvalue weighted by Crippen LogP contribution is -2.21. The lowest BCUT2D eigenvalue weighted by molar-refractivity contribution is -0.130. The van der Waals surface area contributed by atoms with Gasteiger partial charge < -0.3 is 9.47 Å². The molecule has 14 heavy (non-hydrogen) atoms. The number of thiazole rings is 1. The van der Waals surface area contributed by atoms with Crippen molar-refractivity contribution in [3.8, 4) is 0 Å². The molecule has 0 bridgehead atoms. The molecular formula is C9H9NO3S. The predicted molar refractivity (Wildman–Crippen MR) is 50.9 cm³/mol. The van der Waals surface area contributed by atoms with Crippen LogP contribution in [0, 0.1) is 6.92 Å². The van der Waals surface area contributed by atoms with Crippen LogP contribution in [0.15, 0.2) is 12.5 Å². The van der Waals surface area contributed by atoms with Crippen LogP contribution in [0.5, 0.6) is 0 Å². The first-order valence-corrected chi connectivity index (χ1v) is 4.91. The van der Waals surface area contributed by atoms with Gasteiger partial charge >= 0.3 is 0 Å². The van der Waals surface area contributed by atoms with Crippen molar-refractivity contribution >= 4 is 17.6 Å². The minimum atomic E-state index is -0.816. The van der Waals surface area contributed by atoms with Crippen LogP contribution in [-0.2, 0) is 15.3 Å². The monoisotopic (exact) mass is 211 g/mol. The molecule has 0 saturated carbocycles. The van der Waals surface area contributed by atoms with E-state index in [4.69, 9.17) is 9.47 Å². The topological polar surface area (TPSA) is 48.4 Å². The van der Waals surface area contributed by atoms with Crippen LogP contribution >= 0.6 is 11.3 Å². The Morgan fingerprint density at radius 3 is 2.64 bits per heavy atom. The van der Waals surface area contributed by atoms with Gasteiger partial charge in [0.15, 0.2) is 11.3 Å². The quantitative estimate of drug-likeness (QED) is 0.701. The molecule has 1 aromatic heterocycles. The SMILES string of the molecule is Cc1nc(C=O)sc1C1(C)OC=CO1. The second-order valence-electron chi connectivity index (χ2n) is 3.04. The van der Waals surface area contributed by atoms with E-state index in [1.54, 1.807) is 6.92 Å². The minimum absolute atomic E-state index is 0.442. The average molecular weight is 211 g/mol. The van der Waals surface area contributed by atoms with Crippen molar-refractivity contribution < 1.29 is 14.3 Å². The standard InChI is InChI=1S/C9H9NO3S/c1-6-8(14-7(5-11)10-6)9(2)12-3-4-13-9/h3-5H,1-2H3. The van der Waals surface area contributed by atoms with Gasteiger partial charge in [-0.05, 0) is 6.92 Å². The highest BCUT2D eigenvalue weighted by molar-refractivity contribution is 7.13. The van der Waals surface area contributed by atoms with Gasteiger partial charge in [-0.3, -0.25) is 4.79 Å². The van der Waals surface area contributed by atoms with E-state index in [0.29, 0.717) is 5.01 Å². The van der Waals surface area contributed by atoms with Gasteiger partial charge in [-0.1, -0.05) is 0 Å². The van der Waals surface area contributed by atoms with Gasteiger partial charge in [0.05, 0.1) is 5.69 Å². The molecule has 1 aliphatic heterocycles. The Morgan fingerprint density at radius 2 is 2.14 bits per heavy atom. The number of ether oxygens (including phenoxy) is 2. The van der Waals surface area contributed by atoms with Crippen LogP contribution < -0.4 is 0 Å². The van der Waals surface area contributed by atoms with E-state index >= 15 is 0 Å². The summed E-state index contributed by atoms with van der Waals surface area (Å²) in [5.74, 6) is -0.816. The maximum Gasteiger partial charge on any atom is 0.284 e. The molecule has 0 unspecified atom stereocenters. The molecule has 0 atom stereocenters. The molecule has 0 saturated heterocycles. The summed E-state index contributed by atoms with van der Waals surface area (Å²) in [7, 11) is 0. The van der Waals surface area contributed by atoms with Gasteiger partial charge in [0.1, 0.15) is 17.4 Å². The molecule has 0 N–H and O–H groups in total. The van der Waals surface area contributed by atoms with Crippen LogP contribution in [0.2, 0.25) is 0 Å². The summed E-state index contributed by atoms with van der Waals surface area (Å²) in [6.07, 6.45) is 3.70. The smallest absolute Gasteiger partial charge is 0.284 e. The van der Waals surface area contributed by atoms with Crippen LogP contribution in [-0.4, -0.2) is 11.3 Å². The molecule has 74 valence electrons. The normalized spacial score (nSPS) is 17.6. The van der Waals surface area contributed by atoms with Gasteiger partial charge in [-0.15, -0.1) is 11.3 Å². The molecule has 0 aromatic carbocycles. The lowest BCUT2D eigenvalue weighted by atomic mass is 10.2. The van der Waals surface area contributed by atoms with Gasteiger partial charge in [0.25, 0.3) is 5.79 Å². The number of carbonyl (C=O) groups excluding carboxylic acids is 1. The van der Waals surface area contributed by atoms with Crippen molar-refractivity contribution in [2.24, 2.45) is 0 Å². The summed E-state index contributed by atoms with van der Waals surface area (Å²) >= 11 is 1.29. The number of aromatic nitrogens is 1. The lowest BCUT2D eigenvalue weighted by Gasteiger charge is -2.21. The highest BCUT2D eigenvalue weighted by atomic mass is 32.1. The van der Waals surface area contributed by atoms with E-state index in [1.165, 1.54) is 23.9 Å². The number of hydrogen-bond acceptors (Lipinski definition) is 5. The molecule has 0 aliphatic carbocycles. The predicted octanol–water partition coefficient (Wildman–Crippen LogP) is 1.95. The molecule has 0 fully saturated rings. The summed E-state index contributed by atoms with van der Waals surface area (Å²) in [5.41, 5.74) is 0.767. The third-order valence-electron chi connectivity index (χ3n) is 1.97. The number of rotatable bonds is 2. The molecule has 5 heteroatoms. The zero-order chi connectivity index (χ0) is 10.2. The maximum atomic E-state index is 10.5. The van der Waals surface area contributed by atoms with Crippen molar-refractivity contribution in [1.29, 1.82) is 0 Å². The number of hydrogen-bond donors (Lipinski definition) is 0. The van der Waals surface area contributed by atoms with Crippen molar-refractivity contribution in [3.05, 3.63) is 28.1 Å². The molecule has 1 aromatic rings. The average Bonchev–Trinajstić information content (AvgIpc) is 2.73. The third kappa shape index (κ3) is 1.29. The number of carbonyl (C=O) groups is 1. The summed E-state index contributed by atoms with van der Waals surface area (Å²) in [6, 6.07) is 0. The van der Waals surface area contributed by atoms with Crippen molar-refractivity contribution in [3.63, 3.8) is 0 Å². The Labute approximate surface area is 85.2 Å². The Morgan fingerprint density at radius 1 is 1.50 bits per heavy atom. The summed E-state index contributed by atoms with van der Waals surface area (Å²) in [4.78, 5) is 15.4. The van der Waals surface area contributed by atoms with Gasteiger partial charge in [0, 0.05) is 6.92 Å². The van der Waals surface area contributed by atoms with Crippen molar-refractivity contribution in [2.75, 3.05) is 0 Å². The molecular weight excluding hydrogens is 202 g/mol. The van der Waals surface area contributed by atoms with Crippen molar-refractivity contribution in [2.45, 2.75) is 19.6 Å². The fourth-order valence-electron chi connectivity index (χ4n) is 1.34. The van der Waals surface area contributed by atoms with Gasteiger partial charge in [-0.25, -0.2) is 4.98 Å². The highest BCUT2D eigenvalue weighted by Gasteiger charge is 2.36. The van der Waals surface area contributed by atoms with Crippen molar-refractivity contribution in [1.82, 2.24) is 4.98 Å². The molecule has 2 heterocycles. The van der Waals surface area contributed by atoms with Gasteiger partial charge in [0.2, 0.25) is 0 Å². The first-order valence-electron chi connectivity index (χ1n) is 4.09. The van der Waals surface area contributed by atoms with Gasteiger partial charge in [-0.2, -0.15) is 0 Å². The van der Waals surface area contributed by atoms with Crippen LogP contribution in [0.1, 0.15) is 27.3 Å². The van der Waals surface area contributed by atoms with E-state index in [1.807, 2.05) is 6.92 Å². The first kappa shape index (κ1) is 9.21. The molecule has 0 spiro atoms. The maximum absolute atomic E-state index is 10.5. The fraction of sp³-hybridized carbons (Fsp3) is 0.333. The van der Waals surface area contributed by atoms with E-state index in [0.717, 1.165) is 16.9 Å². The number of nitrogens with zero attached hydrogens (tertiary/aromatic N) is 1. The van der Waals surface area contributed by atoms with Crippen LogP contribution in [0.3, 0.4) is 0 Å². The number of aldehydes is 1. The number of aryl methyl sites for hydroxylation is 1. The first-order chi connectivity index (χ1) is 6.65. The zero-order valence-corrected chi connectivity index (χ0v) is 8.63. The van der Waals surface area contributed by atoms with E-state index in [2.05, 4.69) is 4.98 Å². The Hall–Kier alpha value is -1.36. The summed E-state index contributed by atoms with van der Waals surface area (Å²) in [5, 5.41) is 0.442. The van der Waals surface area contributed by atoms with E-state index < -0.39 is 5.79 Å². The summed E-state index contributed by atoms with van der Waals surface area (Å²) < 4.78 is 10.6. The molecule has 0 amide bonds. The second-order valence-corrected chi connectivity index (χ2v) is 4.07. The Bertz CT molecular complexity index is 389. The molecule has 4 nitrogen and oxygen atoms in total. The minimum Gasteiger partial charge on any atom is -0.452 e. The second kappa shape index (κ2) is 3.09. The third-order valence-corrected chi connectivity index (χ3v) is 3.23. The largest absolute Gasteiger partial charge is 0.452 e. The molecule has 0 radical (unpaired) electrons. The fourth-order valence-corrected chi connectivity index (χ4v) is 2.25. The molecule has 2 rings (SSSR count).